The molecule has 1 fully saturated rings. The molecule has 1 aromatic heterocycles. The summed E-state index contributed by atoms with van der Waals surface area (Å²) in [6.45, 7) is 2.43. The van der Waals surface area contributed by atoms with Gasteiger partial charge in [-0.1, -0.05) is 48.0 Å². The van der Waals surface area contributed by atoms with Crippen molar-refractivity contribution in [3.05, 3.63) is 83.8 Å². The summed E-state index contributed by atoms with van der Waals surface area (Å²) in [5.41, 5.74) is 2.62. The van der Waals surface area contributed by atoms with Gasteiger partial charge in [0.05, 0.1) is 12.4 Å². The summed E-state index contributed by atoms with van der Waals surface area (Å²) in [7, 11) is -2.02. The Labute approximate surface area is 176 Å². The van der Waals surface area contributed by atoms with Crippen LogP contribution in [0.3, 0.4) is 0 Å². The van der Waals surface area contributed by atoms with Gasteiger partial charge >= 0.3 is 0 Å². The first-order valence-electron chi connectivity index (χ1n) is 9.75. The SMILES string of the molecule is Cc1ccc(C(=O)N[C@H]2CN(S(=O)(=O)c3cn(C)cn3)C[C@@H]2c2ccccc2)cc1. The van der Waals surface area contributed by atoms with Crippen LogP contribution in [0, 0.1) is 6.92 Å². The smallest absolute Gasteiger partial charge is 0.262 e. The summed E-state index contributed by atoms with van der Waals surface area (Å²) in [6, 6.07) is 16.7. The number of nitrogens with zero attached hydrogens (tertiary/aromatic N) is 3. The molecule has 8 heteroatoms. The number of carbonyl (C=O) groups excluding carboxylic acids is 1. The minimum absolute atomic E-state index is 0.0160. The number of nitrogens with one attached hydrogen (secondary N) is 1. The van der Waals surface area contributed by atoms with Crippen molar-refractivity contribution >= 4 is 15.9 Å². The number of imidazole rings is 1. The zero-order chi connectivity index (χ0) is 21.3. The van der Waals surface area contributed by atoms with Crippen LogP contribution >= 0.6 is 0 Å². The molecule has 1 aliphatic heterocycles. The highest BCUT2D eigenvalue weighted by atomic mass is 32.2. The van der Waals surface area contributed by atoms with Gasteiger partial charge in [0, 0.05) is 37.8 Å². The topological polar surface area (TPSA) is 84.3 Å². The fraction of sp³-hybridized carbons (Fsp3) is 0.273. The van der Waals surface area contributed by atoms with Crippen LogP contribution in [-0.2, 0) is 17.1 Å². The molecule has 2 atom stereocenters. The summed E-state index contributed by atoms with van der Waals surface area (Å²) in [4.78, 5) is 16.8. The molecular weight excluding hydrogens is 400 g/mol. The predicted octanol–water partition coefficient (Wildman–Crippen LogP) is 2.32. The van der Waals surface area contributed by atoms with Gasteiger partial charge in [0.1, 0.15) is 0 Å². The first-order valence-corrected chi connectivity index (χ1v) is 11.2. The highest BCUT2D eigenvalue weighted by Gasteiger charge is 2.41. The maximum absolute atomic E-state index is 13.1. The van der Waals surface area contributed by atoms with Gasteiger partial charge in [0.2, 0.25) is 0 Å². The van der Waals surface area contributed by atoms with Gasteiger partial charge in [0.15, 0.2) is 5.03 Å². The summed E-state index contributed by atoms with van der Waals surface area (Å²) in [6.07, 6.45) is 2.96. The van der Waals surface area contributed by atoms with E-state index in [1.807, 2.05) is 49.4 Å². The van der Waals surface area contributed by atoms with Gasteiger partial charge in [-0.2, -0.15) is 4.31 Å². The van der Waals surface area contributed by atoms with Gasteiger partial charge in [-0.05, 0) is 24.6 Å². The number of benzene rings is 2. The normalized spacial score (nSPS) is 19.7. The summed E-state index contributed by atoms with van der Waals surface area (Å²) in [5, 5.41) is 3.07. The Kier molecular flexibility index (Phi) is 5.44. The maximum atomic E-state index is 13.1. The standard InChI is InChI=1S/C22H24N4O3S/c1-16-8-10-18(11-9-16)22(27)24-20-13-26(12-19(20)17-6-4-3-5-7-17)30(28,29)21-14-25(2)15-23-21/h3-11,14-15,19-20H,12-13H2,1-2H3,(H,24,27)/t19-,20+/m1/s1. The number of rotatable bonds is 5. The minimum Gasteiger partial charge on any atom is -0.347 e. The molecule has 7 nitrogen and oxygen atoms in total. The molecule has 30 heavy (non-hydrogen) atoms. The van der Waals surface area contributed by atoms with Crippen LogP contribution in [0.25, 0.3) is 0 Å². The Bertz CT molecular complexity index is 1140. The maximum Gasteiger partial charge on any atom is 0.262 e. The van der Waals surface area contributed by atoms with Crippen molar-refractivity contribution in [2.45, 2.75) is 23.9 Å². The fourth-order valence-electron chi connectivity index (χ4n) is 3.76. The lowest BCUT2D eigenvalue weighted by Gasteiger charge is -2.20. The lowest BCUT2D eigenvalue weighted by Crippen LogP contribution is -2.40. The number of sulfonamides is 1. The highest BCUT2D eigenvalue weighted by molar-refractivity contribution is 7.89. The molecule has 1 aliphatic rings. The van der Waals surface area contributed by atoms with E-state index >= 15 is 0 Å². The number of hydrogen-bond donors (Lipinski definition) is 1. The highest BCUT2D eigenvalue weighted by Crippen LogP contribution is 2.31. The van der Waals surface area contributed by atoms with Crippen molar-refractivity contribution in [3.63, 3.8) is 0 Å². The molecule has 0 unspecified atom stereocenters. The molecule has 2 aromatic carbocycles. The van der Waals surface area contributed by atoms with Crippen LogP contribution in [-0.4, -0.2) is 47.3 Å². The molecular formula is C22H24N4O3S. The number of aryl methyl sites for hydroxylation is 2. The third-order valence-corrected chi connectivity index (χ3v) is 7.15. The van der Waals surface area contributed by atoms with Crippen LogP contribution < -0.4 is 5.32 Å². The molecule has 2 heterocycles. The molecule has 0 spiro atoms. The van der Waals surface area contributed by atoms with Gasteiger partial charge in [0.25, 0.3) is 15.9 Å². The van der Waals surface area contributed by atoms with E-state index in [-0.39, 0.29) is 36.0 Å². The quantitative estimate of drug-likeness (QED) is 0.681. The van der Waals surface area contributed by atoms with Crippen molar-refractivity contribution in [1.29, 1.82) is 0 Å². The molecule has 1 saturated heterocycles. The zero-order valence-electron chi connectivity index (χ0n) is 16.9. The average molecular weight is 425 g/mol. The van der Waals surface area contributed by atoms with E-state index < -0.39 is 10.0 Å². The molecule has 0 bridgehead atoms. The predicted molar refractivity (Wildman–Crippen MR) is 114 cm³/mol. The van der Waals surface area contributed by atoms with Crippen molar-refractivity contribution in [2.75, 3.05) is 13.1 Å². The lowest BCUT2D eigenvalue weighted by molar-refractivity contribution is 0.0936. The molecule has 0 radical (unpaired) electrons. The number of carbonyl (C=O) groups is 1. The molecule has 3 aromatic rings. The third kappa shape index (κ3) is 4.01. The minimum atomic E-state index is -3.75. The second kappa shape index (κ2) is 8.04. The first-order chi connectivity index (χ1) is 14.3. The molecule has 1 N–H and O–H groups in total. The Hall–Kier alpha value is -2.97. The van der Waals surface area contributed by atoms with Gasteiger partial charge in [-0.15, -0.1) is 0 Å². The lowest BCUT2D eigenvalue weighted by atomic mass is 9.94. The van der Waals surface area contributed by atoms with E-state index in [1.54, 1.807) is 23.7 Å². The summed E-state index contributed by atoms with van der Waals surface area (Å²) < 4.78 is 29.2. The van der Waals surface area contributed by atoms with Crippen LogP contribution in [0.5, 0.6) is 0 Å². The Morgan fingerprint density at radius 3 is 2.40 bits per heavy atom. The molecule has 0 saturated carbocycles. The van der Waals surface area contributed by atoms with Gasteiger partial charge in [-0.3, -0.25) is 4.79 Å². The van der Waals surface area contributed by atoms with Gasteiger partial charge in [-0.25, -0.2) is 13.4 Å². The Balaban J connectivity index is 1.61. The fourth-order valence-corrected chi connectivity index (χ4v) is 5.22. The summed E-state index contributed by atoms with van der Waals surface area (Å²) >= 11 is 0. The molecule has 1 amide bonds. The monoisotopic (exact) mass is 424 g/mol. The first kappa shape index (κ1) is 20.3. The number of amides is 1. The van der Waals surface area contributed by atoms with E-state index in [0.717, 1.165) is 11.1 Å². The second-order valence-corrected chi connectivity index (χ2v) is 9.55. The van der Waals surface area contributed by atoms with E-state index in [9.17, 15) is 13.2 Å². The third-order valence-electron chi connectivity index (χ3n) is 5.43. The average Bonchev–Trinajstić information content (AvgIpc) is 3.36. The van der Waals surface area contributed by atoms with Crippen LogP contribution in [0.1, 0.15) is 27.4 Å². The van der Waals surface area contributed by atoms with Crippen molar-refractivity contribution in [1.82, 2.24) is 19.2 Å². The zero-order valence-corrected chi connectivity index (χ0v) is 17.7. The Morgan fingerprint density at radius 2 is 1.77 bits per heavy atom. The van der Waals surface area contributed by atoms with Crippen molar-refractivity contribution < 1.29 is 13.2 Å². The van der Waals surface area contributed by atoms with Gasteiger partial charge < -0.3 is 9.88 Å². The van der Waals surface area contributed by atoms with E-state index in [0.29, 0.717) is 5.56 Å². The van der Waals surface area contributed by atoms with Crippen LogP contribution in [0.4, 0.5) is 0 Å². The molecule has 0 aliphatic carbocycles. The van der Waals surface area contributed by atoms with E-state index in [2.05, 4.69) is 10.3 Å². The number of aromatic nitrogens is 2. The van der Waals surface area contributed by atoms with Crippen LogP contribution in [0.2, 0.25) is 0 Å². The van der Waals surface area contributed by atoms with E-state index in [1.165, 1.54) is 16.8 Å². The number of hydrogen-bond acceptors (Lipinski definition) is 4. The largest absolute Gasteiger partial charge is 0.347 e. The Morgan fingerprint density at radius 1 is 1.07 bits per heavy atom. The van der Waals surface area contributed by atoms with E-state index in [4.69, 9.17) is 0 Å². The molecule has 156 valence electrons. The van der Waals surface area contributed by atoms with Crippen molar-refractivity contribution in [2.24, 2.45) is 7.05 Å². The van der Waals surface area contributed by atoms with Crippen LogP contribution in [0.15, 0.2) is 72.1 Å². The second-order valence-electron chi connectivity index (χ2n) is 7.66. The molecule has 4 rings (SSSR count). The van der Waals surface area contributed by atoms with Crippen molar-refractivity contribution in [3.8, 4) is 0 Å². The summed E-state index contributed by atoms with van der Waals surface area (Å²) in [5.74, 6) is -0.364.